The first-order valence-corrected chi connectivity index (χ1v) is 8.79. The zero-order valence-electron chi connectivity index (χ0n) is 15.0. The molecule has 0 fully saturated rings. The molecule has 3 aromatic rings. The van der Waals surface area contributed by atoms with E-state index in [1.54, 1.807) is 0 Å². The lowest BCUT2D eigenvalue weighted by Crippen LogP contribution is -2.06. The van der Waals surface area contributed by atoms with Gasteiger partial charge in [0, 0.05) is 6.54 Å². The third-order valence-corrected chi connectivity index (χ3v) is 4.20. The highest BCUT2D eigenvalue weighted by Crippen LogP contribution is 2.24. The van der Waals surface area contributed by atoms with Gasteiger partial charge in [-0.15, -0.1) is 0 Å². The molecule has 0 aliphatic rings. The van der Waals surface area contributed by atoms with Crippen LogP contribution in [0.1, 0.15) is 30.7 Å². The van der Waals surface area contributed by atoms with Crippen molar-refractivity contribution in [1.82, 2.24) is 14.8 Å². The Morgan fingerprint density at radius 1 is 1.24 bits per heavy atom. The zero-order valence-corrected chi connectivity index (χ0v) is 15.8. The molecular formula is C19H23N3O2S. The van der Waals surface area contributed by atoms with Crippen LogP contribution >= 0.6 is 12.2 Å². The maximum atomic E-state index is 5.92. The highest BCUT2D eigenvalue weighted by Gasteiger charge is 2.14. The third kappa shape index (κ3) is 4.02. The molecule has 0 unspecified atom stereocenters. The molecule has 0 aliphatic heterocycles. The third-order valence-electron chi connectivity index (χ3n) is 3.89. The van der Waals surface area contributed by atoms with Gasteiger partial charge in [0.15, 0.2) is 16.4 Å². The number of furan rings is 1. The molecule has 0 amide bonds. The van der Waals surface area contributed by atoms with Gasteiger partial charge in [-0.1, -0.05) is 31.5 Å². The fourth-order valence-electron chi connectivity index (χ4n) is 2.73. The first-order chi connectivity index (χ1) is 11.9. The van der Waals surface area contributed by atoms with Gasteiger partial charge in [0.2, 0.25) is 0 Å². The SMILES string of the molecule is Cc1ccc(OCc2ccc(-c3n[nH]c(=S)n3CC(C)C)o2)c(C)c1. The lowest BCUT2D eigenvalue weighted by atomic mass is 10.1. The average molecular weight is 357 g/mol. The molecule has 25 heavy (non-hydrogen) atoms. The summed E-state index contributed by atoms with van der Waals surface area (Å²) in [5.41, 5.74) is 2.34. The predicted octanol–water partition coefficient (Wildman–Crippen LogP) is 5.05. The average Bonchev–Trinajstić information content (AvgIpc) is 3.14. The molecule has 1 aromatic carbocycles. The van der Waals surface area contributed by atoms with E-state index in [-0.39, 0.29) is 0 Å². The van der Waals surface area contributed by atoms with Gasteiger partial charge in [-0.05, 0) is 55.7 Å². The van der Waals surface area contributed by atoms with E-state index in [1.807, 2.05) is 35.8 Å². The molecular weight excluding hydrogens is 334 g/mol. The molecule has 6 heteroatoms. The molecule has 0 bridgehead atoms. The van der Waals surface area contributed by atoms with Crippen molar-refractivity contribution in [3.8, 4) is 17.3 Å². The topological polar surface area (TPSA) is 56.0 Å². The molecule has 0 saturated heterocycles. The zero-order chi connectivity index (χ0) is 18.0. The van der Waals surface area contributed by atoms with E-state index in [0.29, 0.717) is 23.1 Å². The van der Waals surface area contributed by atoms with Crippen molar-refractivity contribution in [2.75, 3.05) is 0 Å². The quantitative estimate of drug-likeness (QED) is 0.627. The van der Waals surface area contributed by atoms with Crippen LogP contribution in [0.2, 0.25) is 0 Å². The van der Waals surface area contributed by atoms with E-state index < -0.39 is 0 Å². The summed E-state index contributed by atoms with van der Waals surface area (Å²) < 4.78 is 14.4. The van der Waals surface area contributed by atoms with Crippen molar-refractivity contribution < 1.29 is 9.15 Å². The number of ether oxygens (including phenoxy) is 1. The van der Waals surface area contributed by atoms with Gasteiger partial charge < -0.3 is 9.15 Å². The molecule has 3 rings (SSSR count). The molecule has 5 nitrogen and oxygen atoms in total. The molecule has 0 spiro atoms. The second kappa shape index (κ2) is 7.27. The van der Waals surface area contributed by atoms with E-state index in [0.717, 1.165) is 29.4 Å². The van der Waals surface area contributed by atoms with Crippen LogP contribution in [0.3, 0.4) is 0 Å². The Kier molecular flexibility index (Phi) is 5.08. The van der Waals surface area contributed by atoms with Crippen LogP contribution in [-0.4, -0.2) is 14.8 Å². The minimum Gasteiger partial charge on any atom is -0.485 e. The Hall–Kier alpha value is -2.34. The largest absolute Gasteiger partial charge is 0.485 e. The van der Waals surface area contributed by atoms with Crippen LogP contribution in [0.15, 0.2) is 34.7 Å². The molecule has 2 aromatic heterocycles. The Bertz CT molecular complexity index is 921. The summed E-state index contributed by atoms with van der Waals surface area (Å²) in [4.78, 5) is 0. The Labute approximate surface area is 152 Å². The number of hydrogen-bond acceptors (Lipinski definition) is 4. The molecule has 132 valence electrons. The highest BCUT2D eigenvalue weighted by atomic mass is 32.1. The van der Waals surface area contributed by atoms with Gasteiger partial charge in [-0.25, -0.2) is 0 Å². The van der Waals surface area contributed by atoms with Crippen LogP contribution in [0.25, 0.3) is 11.6 Å². The summed E-state index contributed by atoms with van der Waals surface area (Å²) in [5.74, 6) is 3.49. The second-order valence-corrected chi connectivity index (χ2v) is 7.07. The van der Waals surface area contributed by atoms with E-state index in [2.05, 4.69) is 37.0 Å². The van der Waals surface area contributed by atoms with Crippen molar-refractivity contribution in [2.24, 2.45) is 5.92 Å². The van der Waals surface area contributed by atoms with Gasteiger partial charge >= 0.3 is 0 Å². The monoisotopic (exact) mass is 357 g/mol. The second-order valence-electron chi connectivity index (χ2n) is 6.68. The molecule has 0 saturated carbocycles. The van der Waals surface area contributed by atoms with Crippen molar-refractivity contribution in [2.45, 2.75) is 40.8 Å². The number of nitrogens with zero attached hydrogens (tertiary/aromatic N) is 2. The van der Waals surface area contributed by atoms with Gasteiger partial charge in [0.25, 0.3) is 0 Å². The number of aromatic nitrogens is 3. The number of rotatable bonds is 6. The fraction of sp³-hybridized carbons (Fsp3) is 0.368. The first kappa shape index (κ1) is 17.5. The molecule has 0 aliphatic carbocycles. The molecule has 0 radical (unpaired) electrons. The maximum Gasteiger partial charge on any atom is 0.198 e. The Morgan fingerprint density at radius 2 is 2.04 bits per heavy atom. The lowest BCUT2D eigenvalue weighted by molar-refractivity contribution is 0.270. The first-order valence-electron chi connectivity index (χ1n) is 8.38. The van der Waals surface area contributed by atoms with E-state index in [4.69, 9.17) is 21.4 Å². The number of benzene rings is 1. The number of H-pyrrole nitrogens is 1. The van der Waals surface area contributed by atoms with Crippen molar-refractivity contribution in [3.05, 3.63) is 52.0 Å². The standard InChI is InChI=1S/C19H23N3O2S/c1-12(2)10-22-18(20-21-19(22)25)17-8-6-15(24-17)11-23-16-7-5-13(3)9-14(16)4/h5-9,12H,10-11H2,1-4H3,(H,21,25). The van der Waals surface area contributed by atoms with Gasteiger partial charge in [-0.3, -0.25) is 9.67 Å². The van der Waals surface area contributed by atoms with E-state index in [1.165, 1.54) is 5.56 Å². The fourth-order valence-corrected chi connectivity index (χ4v) is 2.93. The van der Waals surface area contributed by atoms with E-state index >= 15 is 0 Å². The summed E-state index contributed by atoms with van der Waals surface area (Å²) in [7, 11) is 0. The van der Waals surface area contributed by atoms with Crippen LogP contribution in [-0.2, 0) is 13.2 Å². The number of aryl methyl sites for hydroxylation is 2. The smallest absolute Gasteiger partial charge is 0.198 e. The van der Waals surface area contributed by atoms with Crippen LogP contribution in [0.4, 0.5) is 0 Å². The summed E-state index contributed by atoms with van der Waals surface area (Å²) >= 11 is 5.32. The Morgan fingerprint density at radius 3 is 2.76 bits per heavy atom. The van der Waals surface area contributed by atoms with Gasteiger partial charge in [0.05, 0.1) is 0 Å². The summed E-state index contributed by atoms with van der Waals surface area (Å²) in [6.45, 7) is 9.56. The molecule has 2 heterocycles. The Balaban J connectivity index is 1.76. The minimum atomic E-state index is 0.374. The molecule has 1 N–H and O–H groups in total. The van der Waals surface area contributed by atoms with E-state index in [9.17, 15) is 0 Å². The van der Waals surface area contributed by atoms with Crippen LogP contribution in [0.5, 0.6) is 5.75 Å². The minimum absolute atomic E-state index is 0.374. The van der Waals surface area contributed by atoms with Gasteiger partial charge in [0.1, 0.15) is 18.1 Å². The van der Waals surface area contributed by atoms with Crippen molar-refractivity contribution >= 4 is 12.2 Å². The van der Waals surface area contributed by atoms with Crippen LogP contribution in [0, 0.1) is 24.5 Å². The van der Waals surface area contributed by atoms with Crippen molar-refractivity contribution in [1.29, 1.82) is 0 Å². The normalized spacial score (nSPS) is 11.2. The summed E-state index contributed by atoms with van der Waals surface area (Å²) in [6.07, 6.45) is 0. The van der Waals surface area contributed by atoms with Crippen LogP contribution < -0.4 is 4.74 Å². The number of aromatic amines is 1. The summed E-state index contributed by atoms with van der Waals surface area (Å²) in [5, 5.41) is 7.15. The van der Waals surface area contributed by atoms with Gasteiger partial charge in [-0.2, -0.15) is 5.10 Å². The number of nitrogens with one attached hydrogen (secondary N) is 1. The summed E-state index contributed by atoms with van der Waals surface area (Å²) in [6, 6.07) is 9.95. The van der Waals surface area contributed by atoms with Crippen molar-refractivity contribution in [3.63, 3.8) is 0 Å². The molecule has 0 atom stereocenters. The predicted molar refractivity (Wildman–Crippen MR) is 100 cm³/mol. The lowest BCUT2D eigenvalue weighted by Gasteiger charge is -2.09. The maximum absolute atomic E-state index is 5.92. The number of hydrogen-bond donors (Lipinski definition) is 1. The highest BCUT2D eigenvalue weighted by molar-refractivity contribution is 7.71.